The first kappa shape index (κ1) is 18.4. The van der Waals surface area contributed by atoms with Crippen molar-refractivity contribution >= 4 is 0 Å². The lowest BCUT2D eigenvalue weighted by molar-refractivity contribution is 0.0844. The molecular weight excluding hydrogens is 306 g/mol. The highest BCUT2D eigenvalue weighted by Gasteiger charge is 2.16. The van der Waals surface area contributed by atoms with Gasteiger partial charge in [0.15, 0.2) is 0 Å². The molecule has 5 heteroatoms. The topological polar surface area (TPSA) is 52.9 Å². The third-order valence-electron chi connectivity index (χ3n) is 3.66. The Morgan fingerprint density at radius 2 is 1.92 bits per heavy atom. The monoisotopic (exact) mass is 333 g/mol. The van der Waals surface area contributed by atoms with Crippen LogP contribution in [-0.2, 0) is 11.3 Å². The van der Waals surface area contributed by atoms with E-state index in [1.807, 2.05) is 30.3 Å². The number of nitrogens with one attached hydrogen (secondary N) is 1. The van der Waals surface area contributed by atoms with E-state index in [0.29, 0.717) is 19.1 Å². The standard InChI is InChI=1S/C19H27NO4/c1-14(2)12-23-13-17(18-6-5-9-24-18)20-11-15-7-8-16(21-3)10-19(15)22-4/h5-10,14,17,20H,11-13H2,1-4H3. The van der Waals surface area contributed by atoms with E-state index in [1.54, 1.807) is 20.5 Å². The molecule has 0 aliphatic carbocycles. The summed E-state index contributed by atoms with van der Waals surface area (Å²) >= 11 is 0. The molecule has 0 spiro atoms. The molecule has 132 valence electrons. The van der Waals surface area contributed by atoms with E-state index in [4.69, 9.17) is 18.6 Å². The first-order valence-corrected chi connectivity index (χ1v) is 8.19. The summed E-state index contributed by atoms with van der Waals surface area (Å²) < 4.78 is 22.0. The molecule has 1 atom stereocenters. The second-order valence-electron chi connectivity index (χ2n) is 6.06. The number of ether oxygens (including phenoxy) is 3. The molecular formula is C19H27NO4. The summed E-state index contributed by atoms with van der Waals surface area (Å²) in [4.78, 5) is 0. The Morgan fingerprint density at radius 3 is 2.54 bits per heavy atom. The zero-order valence-corrected chi connectivity index (χ0v) is 14.9. The fourth-order valence-corrected chi connectivity index (χ4v) is 2.38. The maximum atomic E-state index is 5.79. The van der Waals surface area contributed by atoms with Crippen LogP contribution in [0, 0.1) is 5.92 Å². The fourth-order valence-electron chi connectivity index (χ4n) is 2.38. The van der Waals surface area contributed by atoms with Crippen LogP contribution in [-0.4, -0.2) is 27.4 Å². The molecule has 2 rings (SSSR count). The zero-order valence-electron chi connectivity index (χ0n) is 14.9. The van der Waals surface area contributed by atoms with Crippen molar-refractivity contribution in [1.29, 1.82) is 0 Å². The minimum Gasteiger partial charge on any atom is -0.497 e. The van der Waals surface area contributed by atoms with Gasteiger partial charge >= 0.3 is 0 Å². The summed E-state index contributed by atoms with van der Waals surface area (Å²) in [7, 11) is 3.31. The van der Waals surface area contributed by atoms with Crippen molar-refractivity contribution in [2.45, 2.75) is 26.4 Å². The number of hydrogen-bond donors (Lipinski definition) is 1. The van der Waals surface area contributed by atoms with Crippen LogP contribution in [0.15, 0.2) is 41.0 Å². The van der Waals surface area contributed by atoms with Crippen molar-refractivity contribution in [3.05, 3.63) is 47.9 Å². The minimum atomic E-state index is -0.00874. The van der Waals surface area contributed by atoms with Gasteiger partial charge < -0.3 is 23.9 Å². The molecule has 1 aromatic heterocycles. The van der Waals surface area contributed by atoms with Gasteiger partial charge in [-0.05, 0) is 24.1 Å². The third kappa shape index (κ3) is 5.28. The summed E-state index contributed by atoms with van der Waals surface area (Å²) in [6.07, 6.45) is 1.68. The van der Waals surface area contributed by atoms with Crippen LogP contribution in [0.2, 0.25) is 0 Å². The van der Waals surface area contributed by atoms with E-state index in [-0.39, 0.29) is 6.04 Å². The first-order valence-electron chi connectivity index (χ1n) is 8.19. The Bertz CT molecular complexity index is 595. The largest absolute Gasteiger partial charge is 0.497 e. The van der Waals surface area contributed by atoms with Gasteiger partial charge in [0.1, 0.15) is 17.3 Å². The van der Waals surface area contributed by atoms with Crippen molar-refractivity contribution in [3.63, 3.8) is 0 Å². The van der Waals surface area contributed by atoms with Crippen LogP contribution in [0.4, 0.5) is 0 Å². The van der Waals surface area contributed by atoms with Gasteiger partial charge in [0.2, 0.25) is 0 Å². The van der Waals surface area contributed by atoms with Gasteiger partial charge in [0, 0.05) is 24.8 Å². The lowest BCUT2D eigenvalue weighted by atomic mass is 10.1. The molecule has 0 saturated carbocycles. The van der Waals surface area contributed by atoms with E-state index in [2.05, 4.69) is 19.2 Å². The summed E-state index contributed by atoms with van der Waals surface area (Å²) in [6, 6.07) is 9.65. The van der Waals surface area contributed by atoms with Crippen molar-refractivity contribution in [1.82, 2.24) is 5.32 Å². The lowest BCUT2D eigenvalue weighted by Crippen LogP contribution is -2.26. The van der Waals surface area contributed by atoms with Gasteiger partial charge in [0.25, 0.3) is 0 Å². The molecule has 0 fully saturated rings. The normalized spacial score (nSPS) is 12.4. The summed E-state index contributed by atoms with van der Waals surface area (Å²) in [5.74, 6) is 2.94. The van der Waals surface area contributed by atoms with Crippen molar-refractivity contribution in [3.8, 4) is 11.5 Å². The van der Waals surface area contributed by atoms with Crippen LogP contribution in [0.25, 0.3) is 0 Å². The van der Waals surface area contributed by atoms with Crippen LogP contribution in [0.5, 0.6) is 11.5 Å². The maximum absolute atomic E-state index is 5.79. The number of hydrogen-bond acceptors (Lipinski definition) is 5. The number of furan rings is 1. The van der Waals surface area contributed by atoms with E-state index in [9.17, 15) is 0 Å². The Kier molecular flexibility index (Phi) is 7.15. The van der Waals surface area contributed by atoms with E-state index < -0.39 is 0 Å². The molecule has 0 bridgehead atoms. The Labute approximate surface area is 143 Å². The maximum Gasteiger partial charge on any atom is 0.127 e. The molecule has 1 unspecified atom stereocenters. The summed E-state index contributed by atoms with van der Waals surface area (Å²) in [5.41, 5.74) is 1.05. The van der Waals surface area contributed by atoms with E-state index >= 15 is 0 Å². The average Bonchev–Trinajstić information content (AvgIpc) is 3.11. The second kappa shape index (κ2) is 9.35. The molecule has 24 heavy (non-hydrogen) atoms. The molecule has 0 amide bonds. The number of rotatable bonds is 10. The molecule has 1 N–H and O–H groups in total. The molecule has 0 aliphatic rings. The van der Waals surface area contributed by atoms with Gasteiger partial charge in [-0.25, -0.2) is 0 Å². The Balaban J connectivity index is 2.02. The fraction of sp³-hybridized carbons (Fsp3) is 0.474. The van der Waals surface area contributed by atoms with Crippen molar-refractivity contribution in [2.24, 2.45) is 5.92 Å². The molecule has 0 aliphatic heterocycles. The van der Waals surface area contributed by atoms with Crippen LogP contribution in [0.3, 0.4) is 0 Å². The third-order valence-corrected chi connectivity index (χ3v) is 3.66. The quantitative estimate of drug-likeness (QED) is 0.717. The SMILES string of the molecule is COc1ccc(CNC(COCC(C)C)c2ccco2)c(OC)c1. The number of benzene rings is 1. The molecule has 5 nitrogen and oxygen atoms in total. The molecule has 1 aromatic carbocycles. The van der Waals surface area contributed by atoms with Gasteiger partial charge in [-0.3, -0.25) is 0 Å². The smallest absolute Gasteiger partial charge is 0.127 e. The molecule has 0 radical (unpaired) electrons. The summed E-state index contributed by atoms with van der Waals surface area (Å²) in [5, 5.41) is 3.48. The number of methoxy groups -OCH3 is 2. The van der Waals surface area contributed by atoms with Crippen molar-refractivity contribution < 1.29 is 18.6 Å². The van der Waals surface area contributed by atoms with Crippen LogP contribution in [0.1, 0.15) is 31.2 Å². The average molecular weight is 333 g/mol. The lowest BCUT2D eigenvalue weighted by Gasteiger charge is -2.19. The Morgan fingerprint density at radius 1 is 1.08 bits per heavy atom. The highest BCUT2D eigenvalue weighted by Crippen LogP contribution is 2.25. The Hall–Kier alpha value is -1.98. The van der Waals surface area contributed by atoms with E-state index in [0.717, 1.165) is 29.4 Å². The summed E-state index contributed by atoms with van der Waals surface area (Å²) in [6.45, 7) is 6.20. The molecule has 2 aromatic rings. The van der Waals surface area contributed by atoms with Crippen LogP contribution >= 0.6 is 0 Å². The highest BCUT2D eigenvalue weighted by atomic mass is 16.5. The first-order chi connectivity index (χ1) is 11.6. The second-order valence-corrected chi connectivity index (χ2v) is 6.06. The predicted octanol–water partition coefficient (Wildman–Crippen LogP) is 3.80. The molecule has 0 saturated heterocycles. The van der Waals surface area contributed by atoms with Gasteiger partial charge in [-0.2, -0.15) is 0 Å². The van der Waals surface area contributed by atoms with E-state index in [1.165, 1.54) is 0 Å². The zero-order chi connectivity index (χ0) is 17.4. The van der Waals surface area contributed by atoms with Gasteiger partial charge in [-0.15, -0.1) is 0 Å². The highest BCUT2D eigenvalue weighted by molar-refractivity contribution is 5.40. The van der Waals surface area contributed by atoms with Gasteiger partial charge in [0.05, 0.1) is 33.1 Å². The van der Waals surface area contributed by atoms with Crippen molar-refractivity contribution in [2.75, 3.05) is 27.4 Å². The minimum absolute atomic E-state index is 0.00874. The van der Waals surface area contributed by atoms with Gasteiger partial charge in [-0.1, -0.05) is 19.9 Å². The van der Waals surface area contributed by atoms with Crippen LogP contribution < -0.4 is 14.8 Å². The molecule has 1 heterocycles. The predicted molar refractivity (Wildman–Crippen MR) is 93.5 cm³/mol.